The Morgan fingerprint density at radius 1 is 1.19 bits per heavy atom. The molecule has 9 heteroatoms. The second-order valence-electron chi connectivity index (χ2n) is 6.24. The number of carbonyl (C=O) groups is 2. The minimum atomic E-state index is -3.35. The summed E-state index contributed by atoms with van der Waals surface area (Å²) in [6, 6.07) is 10.2. The predicted octanol–water partition coefficient (Wildman–Crippen LogP) is 1.05. The molecule has 27 heavy (non-hydrogen) atoms. The lowest BCUT2D eigenvalue weighted by atomic mass is 10.0. The molecule has 1 aromatic carbocycles. The number of nitrogens with one attached hydrogen (secondary N) is 2. The Morgan fingerprint density at radius 2 is 2.00 bits per heavy atom. The number of amides is 2. The number of nitrogens with zero attached hydrogens (tertiary/aromatic N) is 2. The second kappa shape index (κ2) is 7.75. The quantitative estimate of drug-likeness (QED) is 0.761. The average molecular weight is 388 g/mol. The third kappa shape index (κ3) is 4.62. The number of carbonyl (C=O) groups excluding carboxylic acids is 2. The number of sulfonamides is 1. The summed E-state index contributed by atoms with van der Waals surface area (Å²) in [6.07, 6.45) is 4.18. The van der Waals surface area contributed by atoms with E-state index < -0.39 is 21.8 Å². The van der Waals surface area contributed by atoms with Gasteiger partial charge in [-0.2, -0.15) is 0 Å². The van der Waals surface area contributed by atoms with E-state index in [4.69, 9.17) is 0 Å². The Bertz CT molecular complexity index is 961. The van der Waals surface area contributed by atoms with Crippen LogP contribution in [-0.2, 0) is 32.6 Å². The van der Waals surface area contributed by atoms with Crippen molar-refractivity contribution in [3.05, 3.63) is 53.9 Å². The number of hydrogen-bond acceptors (Lipinski definition) is 5. The summed E-state index contributed by atoms with van der Waals surface area (Å²) in [4.78, 5) is 28.1. The molecule has 0 saturated carbocycles. The van der Waals surface area contributed by atoms with Crippen LogP contribution in [-0.4, -0.2) is 38.0 Å². The SMILES string of the molecule is CS(=O)(=O)N1CCCc2cc(NC(=O)C(=O)NCc3ccccn3)ccc21. The van der Waals surface area contributed by atoms with E-state index in [1.54, 1.807) is 42.6 Å². The number of benzene rings is 1. The molecular formula is C18H20N4O4S. The minimum Gasteiger partial charge on any atom is -0.342 e. The zero-order valence-corrected chi connectivity index (χ0v) is 15.6. The molecule has 0 unspecified atom stereocenters. The number of rotatable bonds is 4. The first-order chi connectivity index (χ1) is 12.8. The molecule has 142 valence electrons. The first kappa shape index (κ1) is 18.8. The minimum absolute atomic E-state index is 0.153. The van der Waals surface area contributed by atoms with E-state index in [1.807, 2.05) is 0 Å². The zero-order valence-electron chi connectivity index (χ0n) is 14.8. The van der Waals surface area contributed by atoms with Gasteiger partial charge in [-0.05, 0) is 48.7 Å². The van der Waals surface area contributed by atoms with Crippen LogP contribution in [0.25, 0.3) is 0 Å². The maximum atomic E-state index is 12.1. The van der Waals surface area contributed by atoms with Crippen LogP contribution in [0.4, 0.5) is 11.4 Å². The van der Waals surface area contributed by atoms with E-state index in [2.05, 4.69) is 15.6 Å². The summed E-state index contributed by atoms with van der Waals surface area (Å²) >= 11 is 0. The molecule has 3 rings (SSSR count). The fourth-order valence-electron chi connectivity index (χ4n) is 2.93. The fourth-order valence-corrected chi connectivity index (χ4v) is 3.92. The van der Waals surface area contributed by atoms with Gasteiger partial charge in [0.05, 0.1) is 24.2 Å². The Balaban J connectivity index is 1.65. The van der Waals surface area contributed by atoms with Gasteiger partial charge in [0.15, 0.2) is 0 Å². The van der Waals surface area contributed by atoms with Crippen molar-refractivity contribution >= 4 is 33.2 Å². The molecule has 8 nitrogen and oxygen atoms in total. The van der Waals surface area contributed by atoms with Gasteiger partial charge in [-0.1, -0.05) is 6.07 Å². The molecule has 0 spiro atoms. The Kier molecular flexibility index (Phi) is 5.41. The Labute approximate surface area is 157 Å². The van der Waals surface area contributed by atoms with Crippen LogP contribution < -0.4 is 14.9 Å². The van der Waals surface area contributed by atoms with E-state index in [0.29, 0.717) is 36.5 Å². The highest BCUT2D eigenvalue weighted by molar-refractivity contribution is 7.92. The van der Waals surface area contributed by atoms with Crippen molar-refractivity contribution in [2.75, 3.05) is 22.4 Å². The number of hydrogen-bond donors (Lipinski definition) is 2. The first-order valence-electron chi connectivity index (χ1n) is 8.44. The van der Waals surface area contributed by atoms with E-state index in [1.165, 1.54) is 10.6 Å². The van der Waals surface area contributed by atoms with Crippen molar-refractivity contribution in [1.82, 2.24) is 10.3 Å². The Morgan fingerprint density at radius 3 is 2.70 bits per heavy atom. The van der Waals surface area contributed by atoms with Gasteiger partial charge >= 0.3 is 11.8 Å². The summed E-state index contributed by atoms with van der Waals surface area (Å²) in [5, 5.41) is 5.05. The largest absolute Gasteiger partial charge is 0.342 e. The summed E-state index contributed by atoms with van der Waals surface area (Å²) in [5.41, 5.74) is 2.52. The number of fused-ring (bicyclic) bond motifs is 1. The smallest absolute Gasteiger partial charge is 0.313 e. The van der Waals surface area contributed by atoms with Crippen LogP contribution >= 0.6 is 0 Å². The maximum Gasteiger partial charge on any atom is 0.313 e. The number of pyridine rings is 1. The lowest BCUT2D eigenvalue weighted by molar-refractivity contribution is -0.136. The molecule has 1 aromatic heterocycles. The molecular weight excluding hydrogens is 368 g/mol. The van der Waals surface area contributed by atoms with Gasteiger partial charge in [0.2, 0.25) is 10.0 Å². The van der Waals surface area contributed by atoms with Gasteiger partial charge < -0.3 is 10.6 Å². The van der Waals surface area contributed by atoms with Gasteiger partial charge in [0.1, 0.15) is 0 Å². The Hall–Kier alpha value is -2.94. The third-order valence-electron chi connectivity index (χ3n) is 4.18. The summed E-state index contributed by atoms with van der Waals surface area (Å²) in [5.74, 6) is -1.56. The first-order valence-corrected chi connectivity index (χ1v) is 10.3. The predicted molar refractivity (Wildman–Crippen MR) is 102 cm³/mol. The van der Waals surface area contributed by atoms with Gasteiger partial charge in [-0.15, -0.1) is 0 Å². The van der Waals surface area contributed by atoms with Crippen LogP contribution in [0.1, 0.15) is 17.7 Å². The maximum absolute atomic E-state index is 12.1. The van der Waals surface area contributed by atoms with E-state index >= 15 is 0 Å². The third-order valence-corrected chi connectivity index (χ3v) is 5.36. The van der Waals surface area contributed by atoms with Gasteiger partial charge in [0, 0.05) is 18.4 Å². The number of aryl methyl sites for hydroxylation is 1. The van der Waals surface area contributed by atoms with Crippen molar-refractivity contribution in [3.8, 4) is 0 Å². The summed E-state index contributed by atoms with van der Waals surface area (Å²) in [6.45, 7) is 0.591. The molecule has 2 heterocycles. The van der Waals surface area contributed by atoms with Crippen molar-refractivity contribution in [2.45, 2.75) is 19.4 Å². The van der Waals surface area contributed by atoms with Crippen LogP contribution in [0.3, 0.4) is 0 Å². The molecule has 0 fully saturated rings. The van der Waals surface area contributed by atoms with Crippen LogP contribution in [0.2, 0.25) is 0 Å². The van der Waals surface area contributed by atoms with Crippen LogP contribution in [0.15, 0.2) is 42.6 Å². The molecule has 0 bridgehead atoms. The van der Waals surface area contributed by atoms with Gasteiger partial charge in [-0.25, -0.2) is 8.42 Å². The van der Waals surface area contributed by atoms with Crippen molar-refractivity contribution in [1.29, 1.82) is 0 Å². The monoisotopic (exact) mass is 388 g/mol. The van der Waals surface area contributed by atoms with E-state index in [0.717, 1.165) is 5.56 Å². The molecule has 1 aliphatic heterocycles. The highest BCUT2D eigenvalue weighted by atomic mass is 32.2. The highest BCUT2D eigenvalue weighted by Gasteiger charge is 2.24. The molecule has 2 aromatic rings. The van der Waals surface area contributed by atoms with Gasteiger partial charge in [0.25, 0.3) is 0 Å². The van der Waals surface area contributed by atoms with E-state index in [9.17, 15) is 18.0 Å². The standard InChI is InChI=1S/C18H20N4O4S/c1-27(25,26)22-10-4-5-13-11-14(7-8-16(13)22)21-18(24)17(23)20-12-15-6-2-3-9-19-15/h2-3,6-9,11H,4-5,10,12H2,1H3,(H,20,23)(H,21,24). The molecule has 2 amide bonds. The lowest BCUT2D eigenvalue weighted by Crippen LogP contribution is -2.36. The molecule has 0 aliphatic carbocycles. The van der Waals surface area contributed by atoms with E-state index in [-0.39, 0.29) is 6.54 Å². The molecule has 2 N–H and O–H groups in total. The average Bonchev–Trinajstić information content (AvgIpc) is 2.65. The van der Waals surface area contributed by atoms with Crippen LogP contribution in [0, 0.1) is 0 Å². The zero-order chi connectivity index (χ0) is 19.4. The second-order valence-corrected chi connectivity index (χ2v) is 8.15. The molecule has 0 atom stereocenters. The summed E-state index contributed by atoms with van der Waals surface area (Å²) < 4.78 is 25.1. The number of anilines is 2. The molecule has 1 aliphatic rings. The highest BCUT2D eigenvalue weighted by Crippen LogP contribution is 2.31. The van der Waals surface area contributed by atoms with Crippen molar-refractivity contribution in [3.63, 3.8) is 0 Å². The van der Waals surface area contributed by atoms with Crippen LogP contribution in [0.5, 0.6) is 0 Å². The molecule has 0 radical (unpaired) electrons. The normalized spacial score (nSPS) is 13.6. The van der Waals surface area contributed by atoms with Crippen molar-refractivity contribution in [2.24, 2.45) is 0 Å². The molecule has 0 saturated heterocycles. The lowest BCUT2D eigenvalue weighted by Gasteiger charge is -2.29. The summed E-state index contributed by atoms with van der Waals surface area (Å²) in [7, 11) is -3.35. The fraction of sp³-hybridized carbons (Fsp3) is 0.278. The topological polar surface area (TPSA) is 108 Å². The van der Waals surface area contributed by atoms with Crippen molar-refractivity contribution < 1.29 is 18.0 Å². The number of aromatic nitrogens is 1. The van der Waals surface area contributed by atoms with Gasteiger partial charge in [-0.3, -0.25) is 18.9 Å².